The van der Waals surface area contributed by atoms with Gasteiger partial charge < -0.3 is 0 Å². The first kappa shape index (κ1) is 5.32. The molecule has 1 heterocycles. The molecular weight excluding hydrogens is 172 g/mol. The maximum atomic E-state index is 3.73. The van der Waals surface area contributed by atoms with Gasteiger partial charge in [-0.05, 0) is 28.9 Å². The summed E-state index contributed by atoms with van der Waals surface area (Å²) in [5.41, 5.74) is 0. The molecule has 0 saturated heterocycles. The normalized spacial score (nSPS) is 9.43. The second-order valence-electron chi connectivity index (χ2n) is 1.23. The fraction of sp³-hybridized carbons (Fsp3) is 0. The van der Waals surface area contributed by atoms with Crippen molar-refractivity contribution in [2.75, 3.05) is 0 Å². The monoisotopic (exact) mass is 175 g/mol. The zero-order valence-corrected chi connectivity index (χ0v) is 6.05. The van der Waals surface area contributed by atoms with Crippen molar-refractivity contribution in [2.24, 2.45) is 0 Å². The molecule has 1 aromatic heterocycles. The first-order valence-corrected chi connectivity index (χ1v) is 3.52. The molecule has 0 amide bonds. The second-order valence-corrected chi connectivity index (χ2v) is 3.14. The van der Waals surface area contributed by atoms with Gasteiger partial charge in [0.2, 0.25) is 0 Å². The molecule has 0 aliphatic rings. The summed E-state index contributed by atoms with van der Waals surface area (Å²) in [7, 11) is 0. The molecule has 0 spiro atoms. The number of hydrogen-bond acceptors (Lipinski definition) is 1. The topological polar surface area (TPSA) is 0 Å². The lowest BCUT2D eigenvalue weighted by atomic mass is 10.5. The van der Waals surface area contributed by atoms with Crippen LogP contribution in [-0.2, 0) is 0 Å². The molecule has 1 rings (SSSR count). The first-order chi connectivity index (χ1) is 3.29. The minimum absolute atomic E-state index is 1.10. The molecule has 0 aliphatic heterocycles. The summed E-state index contributed by atoms with van der Waals surface area (Å²) in [6, 6.07) is 1.99. The number of thiophene rings is 1. The molecule has 0 fully saturated rings. The maximum Gasteiger partial charge on any atom is 0.0285 e. The predicted octanol–water partition coefficient (Wildman–Crippen LogP) is 2.69. The van der Waals surface area contributed by atoms with Gasteiger partial charge in [0.1, 0.15) is 0 Å². The van der Waals surface area contributed by atoms with E-state index >= 15 is 0 Å². The Kier molecular flexibility index (Phi) is 1.50. The lowest BCUT2D eigenvalue weighted by Crippen LogP contribution is -1.46. The van der Waals surface area contributed by atoms with Crippen LogP contribution in [0, 0.1) is 6.92 Å². The standard InChI is InChI=1S/C5H4BrS/c1-4-2-5(6)3-7-4/h2-3H,1H2. The predicted molar refractivity (Wildman–Crippen MR) is 36.5 cm³/mol. The highest BCUT2D eigenvalue weighted by Gasteiger charge is 1.86. The van der Waals surface area contributed by atoms with E-state index in [1.807, 2.05) is 11.4 Å². The van der Waals surface area contributed by atoms with Crippen molar-refractivity contribution in [1.82, 2.24) is 0 Å². The van der Waals surface area contributed by atoms with E-state index in [1.165, 1.54) is 0 Å². The average molecular weight is 176 g/mol. The molecule has 0 N–H and O–H groups in total. The molecule has 0 aliphatic carbocycles. The van der Waals surface area contributed by atoms with Gasteiger partial charge in [-0.15, -0.1) is 11.3 Å². The van der Waals surface area contributed by atoms with Crippen molar-refractivity contribution in [3.05, 3.63) is 27.7 Å². The fourth-order valence-electron chi connectivity index (χ4n) is 0.354. The summed E-state index contributed by atoms with van der Waals surface area (Å²) < 4.78 is 1.13. The van der Waals surface area contributed by atoms with E-state index in [4.69, 9.17) is 0 Å². The third-order valence-corrected chi connectivity index (χ3v) is 2.18. The Balaban J connectivity index is 3.04. The van der Waals surface area contributed by atoms with Crippen LogP contribution in [0.3, 0.4) is 0 Å². The maximum absolute atomic E-state index is 3.73. The highest BCUT2D eigenvalue weighted by Crippen LogP contribution is 2.17. The van der Waals surface area contributed by atoms with Crippen LogP contribution in [0.2, 0.25) is 0 Å². The molecule has 0 aromatic carbocycles. The van der Waals surface area contributed by atoms with E-state index < -0.39 is 0 Å². The summed E-state index contributed by atoms with van der Waals surface area (Å²) in [6.07, 6.45) is 0. The smallest absolute Gasteiger partial charge is 0.0285 e. The molecule has 0 unspecified atom stereocenters. The number of hydrogen-bond donors (Lipinski definition) is 0. The molecule has 2 heteroatoms. The van der Waals surface area contributed by atoms with Crippen LogP contribution in [0.4, 0.5) is 0 Å². The largest absolute Gasteiger partial charge is 0.148 e. The highest BCUT2D eigenvalue weighted by molar-refractivity contribution is 9.10. The van der Waals surface area contributed by atoms with Gasteiger partial charge in [0.25, 0.3) is 0 Å². The zero-order valence-electron chi connectivity index (χ0n) is 3.65. The van der Waals surface area contributed by atoms with E-state index in [2.05, 4.69) is 22.9 Å². The Bertz CT molecular complexity index is 140. The van der Waals surface area contributed by atoms with E-state index in [-0.39, 0.29) is 0 Å². The number of rotatable bonds is 0. The van der Waals surface area contributed by atoms with Crippen LogP contribution in [0.25, 0.3) is 0 Å². The van der Waals surface area contributed by atoms with Gasteiger partial charge in [0.15, 0.2) is 0 Å². The van der Waals surface area contributed by atoms with Crippen molar-refractivity contribution < 1.29 is 0 Å². The zero-order chi connectivity index (χ0) is 5.28. The van der Waals surface area contributed by atoms with E-state index in [0.29, 0.717) is 0 Å². The summed E-state index contributed by atoms with van der Waals surface area (Å²) in [4.78, 5) is 1.10. The third-order valence-electron chi connectivity index (χ3n) is 0.622. The van der Waals surface area contributed by atoms with Crippen LogP contribution < -0.4 is 0 Å². The van der Waals surface area contributed by atoms with Crippen molar-refractivity contribution in [3.8, 4) is 0 Å². The van der Waals surface area contributed by atoms with Gasteiger partial charge in [-0.1, -0.05) is 0 Å². The third kappa shape index (κ3) is 1.28. The van der Waals surface area contributed by atoms with Gasteiger partial charge in [-0.2, -0.15) is 0 Å². The van der Waals surface area contributed by atoms with Gasteiger partial charge in [0.05, 0.1) is 0 Å². The Morgan fingerprint density at radius 3 is 2.57 bits per heavy atom. The first-order valence-electron chi connectivity index (χ1n) is 1.85. The van der Waals surface area contributed by atoms with Crippen molar-refractivity contribution in [3.63, 3.8) is 0 Å². The van der Waals surface area contributed by atoms with Gasteiger partial charge in [-0.25, -0.2) is 0 Å². The molecule has 0 atom stereocenters. The molecule has 0 saturated carbocycles. The summed E-state index contributed by atoms with van der Waals surface area (Å²) >= 11 is 4.95. The second kappa shape index (κ2) is 1.97. The Morgan fingerprint density at radius 1 is 1.71 bits per heavy atom. The SMILES string of the molecule is [CH2]c1cc(Br)cs1. The van der Waals surface area contributed by atoms with E-state index in [0.717, 1.165) is 9.35 Å². The van der Waals surface area contributed by atoms with Crippen LogP contribution in [0.1, 0.15) is 4.88 Å². The van der Waals surface area contributed by atoms with Crippen LogP contribution in [0.5, 0.6) is 0 Å². The van der Waals surface area contributed by atoms with Crippen molar-refractivity contribution >= 4 is 27.3 Å². The van der Waals surface area contributed by atoms with Gasteiger partial charge >= 0.3 is 0 Å². The average Bonchev–Trinajstić information content (AvgIpc) is 1.87. The molecule has 7 heavy (non-hydrogen) atoms. The molecule has 1 radical (unpaired) electrons. The Morgan fingerprint density at radius 2 is 2.43 bits per heavy atom. The minimum atomic E-state index is 1.10. The summed E-state index contributed by atoms with van der Waals surface area (Å²) in [5.74, 6) is 0. The van der Waals surface area contributed by atoms with Crippen molar-refractivity contribution in [1.29, 1.82) is 0 Å². The summed E-state index contributed by atoms with van der Waals surface area (Å²) in [5, 5.41) is 2.02. The van der Waals surface area contributed by atoms with Gasteiger partial charge in [0, 0.05) is 14.7 Å². The molecule has 37 valence electrons. The lowest BCUT2D eigenvalue weighted by Gasteiger charge is -1.68. The quantitative estimate of drug-likeness (QED) is 0.570. The molecular formula is C5H4BrS. The van der Waals surface area contributed by atoms with Gasteiger partial charge in [-0.3, -0.25) is 0 Å². The molecule has 0 bridgehead atoms. The highest BCUT2D eigenvalue weighted by atomic mass is 79.9. The molecule has 1 aromatic rings. The van der Waals surface area contributed by atoms with Crippen LogP contribution in [0.15, 0.2) is 15.9 Å². The Labute approximate surface area is 55.3 Å². The molecule has 0 nitrogen and oxygen atoms in total. The summed E-state index contributed by atoms with van der Waals surface area (Å²) in [6.45, 7) is 3.73. The van der Waals surface area contributed by atoms with Crippen LogP contribution >= 0.6 is 27.3 Å². The van der Waals surface area contributed by atoms with E-state index in [1.54, 1.807) is 11.3 Å². The lowest BCUT2D eigenvalue weighted by molar-refractivity contribution is 1.82. The van der Waals surface area contributed by atoms with Crippen molar-refractivity contribution in [2.45, 2.75) is 0 Å². The van der Waals surface area contributed by atoms with E-state index in [9.17, 15) is 0 Å². The van der Waals surface area contributed by atoms with Crippen LogP contribution in [-0.4, -0.2) is 0 Å². The fourth-order valence-corrected chi connectivity index (χ4v) is 1.59. The minimum Gasteiger partial charge on any atom is -0.148 e. The Hall–Kier alpha value is 0.180. The number of halogens is 1.